The summed E-state index contributed by atoms with van der Waals surface area (Å²) < 4.78 is 71.6. The van der Waals surface area contributed by atoms with Crippen LogP contribution in [0.25, 0.3) is 0 Å². The Labute approximate surface area is 827 Å². The van der Waals surface area contributed by atoms with Crippen molar-refractivity contribution in [1.82, 2.24) is 39.1 Å². The number of aliphatic hydroxyl groups is 1. The van der Waals surface area contributed by atoms with Crippen molar-refractivity contribution in [3.05, 3.63) is 153 Å². The average Bonchev–Trinajstić information content (AvgIpc) is 1.76. The molecule has 6 saturated carbocycles. The van der Waals surface area contributed by atoms with E-state index in [9.17, 15) is 47.0 Å². The van der Waals surface area contributed by atoms with Gasteiger partial charge in [0.05, 0.1) is 115 Å². The number of carboxylic acid groups (broad SMARTS) is 1. The van der Waals surface area contributed by atoms with Crippen LogP contribution in [0, 0.1) is 76.6 Å². The lowest BCUT2D eigenvalue weighted by molar-refractivity contribution is -0.128. The van der Waals surface area contributed by atoms with Crippen LogP contribution >= 0.6 is 69.6 Å². The minimum atomic E-state index is -2.21. The molecule has 0 spiro atoms. The fourth-order valence-electron chi connectivity index (χ4n) is 21.2. The van der Waals surface area contributed by atoms with Gasteiger partial charge in [-0.05, 0) is 303 Å². The number of amides is 2. The third-order valence-electron chi connectivity index (χ3n) is 32.4. The summed E-state index contributed by atoms with van der Waals surface area (Å²) in [6, 6.07) is 14.0. The van der Waals surface area contributed by atoms with Crippen LogP contribution in [-0.2, 0) is 23.2 Å². The van der Waals surface area contributed by atoms with E-state index in [-0.39, 0.29) is 144 Å². The number of rotatable bonds is 31. The molecule has 3 aromatic heterocycles. The lowest BCUT2D eigenvalue weighted by Crippen LogP contribution is -2.48. The van der Waals surface area contributed by atoms with E-state index in [1.165, 1.54) is 56.1 Å². The molecule has 29 heteroatoms. The molecule has 3 heterocycles. The normalized spacial score (nSPS) is 23.0. The Morgan fingerprint density at radius 3 is 0.985 bits per heavy atom. The molecule has 12 rings (SSSR count). The van der Waals surface area contributed by atoms with Gasteiger partial charge in [-0.15, -0.1) is 0 Å². The van der Waals surface area contributed by atoms with Crippen LogP contribution in [0.1, 0.15) is 403 Å². The molecule has 6 aliphatic carbocycles. The van der Waals surface area contributed by atoms with Crippen molar-refractivity contribution in [1.29, 1.82) is 0 Å². The first-order valence-corrected chi connectivity index (χ1v) is 56.1. The zero-order chi connectivity index (χ0) is 99.9. The Morgan fingerprint density at radius 2 is 0.699 bits per heavy atom. The number of aromatic carboxylic acids is 1. The number of ketones is 3. The number of hydrogen-bond donors (Lipinski definition) is 2. The summed E-state index contributed by atoms with van der Waals surface area (Å²) >= 11 is 38.9. The summed E-state index contributed by atoms with van der Waals surface area (Å²) in [6.45, 7) is 44.0. The summed E-state index contributed by atoms with van der Waals surface area (Å²) in [5, 5.41) is 35.1. The highest BCUT2D eigenvalue weighted by Gasteiger charge is 2.46. The Bertz CT molecular complexity index is 4860. The number of aliphatic hydroxyl groups excluding tert-OH is 1. The fourth-order valence-corrected chi connectivity index (χ4v) is 29.0. The minimum Gasteiger partial charge on any atom is -0.478 e. The lowest BCUT2D eigenvalue weighted by atomic mass is 9.71. The third-order valence-corrected chi connectivity index (χ3v) is 43.6. The molecule has 0 bridgehead atoms. The van der Waals surface area contributed by atoms with E-state index in [4.69, 9.17) is 91.6 Å². The van der Waals surface area contributed by atoms with E-state index in [0.717, 1.165) is 213 Å². The highest BCUT2D eigenvalue weighted by molar-refractivity contribution is 6.74. The number of benzene rings is 3. The number of Topliss-reactive ketones (excluding diaryl/α,β-unsaturated/α-hetero) is 3. The minimum absolute atomic E-state index is 0. The average molecular weight is 2010 g/mol. The van der Waals surface area contributed by atoms with Crippen LogP contribution in [-0.4, -0.2) is 126 Å². The molecular formula is C104H157Cl6F3N8O10Si2. The Morgan fingerprint density at radius 1 is 0.436 bits per heavy atom. The number of aromatic nitrogens is 6. The zero-order valence-corrected chi connectivity index (χ0v) is 89.1. The topological polar surface area (TPSA) is 221 Å². The third kappa shape index (κ3) is 28.1. The van der Waals surface area contributed by atoms with Crippen LogP contribution in [0.15, 0.2) is 55.0 Å². The van der Waals surface area contributed by atoms with E-state index in [1.54, 1.807) is 45.0 Å². The maximum Gasteiger partial charge on any atom is 0.339 e. The van der Waals surface area contributed by atoms with Crippen LogP contribution in [0.5, 0.6) is 0 Å². The maximum atomic E-state index is 14.7. The van der Waals surface area contributed by atoms with Gasteiger partial charge < -0.3 is 28.9 Å². The van der Waals surface area contributed by atoms with Crippen LogP contribution in [0.2, 0.25) is 66.4 Å². The van der Waals surface area contributed by atoms with Crippen molar-refractivity contribution in [2.75, 3.05) is 13.1 Å². The lowest BCUT2D eigenvalue weighted by Gasteiger charge is -2.43. The molecule has 2 amide bonds. The molecule has 0 aliphatic heterocycles. The molecule has 3 unspecified atom stereocenters. The SMILES string of the molecule is C.CC(=O)C1(C)CCC(n2ncc(C(=O)N(CC(O)c3c(Cl)cc(F)cc3Cl)C3CCC(C)(C)CC3)c2C)CC1.CC(=O)C1(C)CCC(n2ncc(C(=O)O)c2C)CC1.CC[Si](CC)(CC)OC(CCC1CCC(C)(C)CC1)c1c(Cl)cc(F)cc1Cl.CC[Si](CC)(CC)OC(CN(C(=O)c1cnn(C2CCC(C)(C(C)=O)CC2)c1C)C1CCC(C)(C)CC1)c1c(Cl)cc(F)cc1Cl.[2H][2H]. The van der Waals surface area contributed by atoms with Gasteiger partial charge in [0.2, 0.25) is 0 Å². The monoisotopic (exact) mass is 2000 g/mol. The maximum absolute atomic E-state index is 14.7. The van der Waals surface area contributed by atoms with Gasteiger partial charge in [-0.3, -0.25) is 38.0 Å². The molecule has 3 aromatic carbocycles. The van der Waals surface area contributed by atoms with Crippen molar-refractivity contribution in [3.63, 3.8) is 0 Å². The summed E-state index contributed by atoms with van der Waals surface area (Å²) in [5.74, 6) is -1.24. The molecule has 18 nitrogen and oxygen atoms in total. The smallest absolute Gasteiger partial charge is 0.339 e. The quantitative estimate of drug-likeness (QED) is 0.0387. The van der Waals surface area contributed by atoms with E-state index < -0.39 is 52.3 Å². The largest absolute Gasteiger partial charge is 0.478 e. The van der Waals surface area contributed by atoms with Gasteiger partial charge in [0.15, 0.2) is 16.6 Å². The predicted octanol–water partition coefficient (Wildman–Crippen LogP) is 30.7. The predicted molar refractivity (Wildman–Crippen MR) is 541 cm³/mol. The van der Waals surface area contributed by atoms with Gasteiger partial charge in [0.1, 0.15) is 40.4 Å². The number of carbonyl (C=O) groups excluding carboxylic acids is 5. The zero-order valence-electron chi connectivity index (χ0n) is 84.6. The second-order valence-corrected chi connectivity index (χ2v) is 54.5. The highest BCUT2D eigenvalue weighted by atomic mass is 35.5. The van der Waals surface area contributed by atoms with Crippen LogP contribution in [0.4, 0.5) is 13.2 Å². The second kappa shape index (κ2) is 47.7. The Balaban J connectivity index is 0.000000254. The Kier molecular flexibility index (Phi) is 39.9. The molecule has 6 fully saturated rings. The van der Waals surface area contributed by atoms with E-state index >= 15 is 0 Å². The van der Waals surface area contributed by atoms with Crippen molar-refractivity contribution in [3.8, 4) is 0 Å². The molecular weight excluding hydrogens is 1850 g/mol. The number of hydrogen-bond acceptors (Lipinski definition) is 12. The van der Waals surface area contributed by atoms with Crippen molar-refractivity contribution >= 4 is 121 Å². The van der Waals surface area contributed by atoms with E-state index in [2.05, 4.69) is 100 Å². The highest BCUT2D eigenvalue weighted by Crippen LogP contribution is 2.50. The summed E-state index contributed by atoms with van der Waals surface area (Å²) in [5.41, 5.74) is 5.34. The van der Waals surface area contributed by atoms with Crippen molar-refractivity contribution in [2.45, 2.75) is 405 Å². The molecule has 3 atom stereocenters. The molecule has 744 valence electrons. The summed E-state index contributed by atoms with van der Waals surface area (Å²) in [7, 11) is -4.06. The van der Waals surface area contributed by atoms with Crippen LogP contribution < -0.4 is 0 Å². The first kappa shape index (κ1) is 111. The second-order valence-electron chi connectivity index (χ2n) is 42.6. The molecule has 6 aromatic rings. The molecule has 6 aliphatic rings. The van der Waals surface area contributed by atoms with Crippen molar-refractivity contribution < 1.29 is 64.0 Å². The first-order valence-electron chi connectivity index (χ1n) is 49.8. The van der Waals surface area contributed by atoms with E-state index in [1.807, 2.05) is 46.6 Å². The van der Waals surface area contributed by atoms with Gasteiger partial charge in [-0.25, -0.2) is 18.0 Å². The molecule has 133 heavy (non-hydrogen) atoms. The first-order chi connectivity index (χ1) is 62.8. The van der Waals surface area contributed by atoms with Gasteiger partial charge in [-0.2, -0.15) is 15.3 Å². The molecule has 2 N–H and O–H groups in total. The fraction of sp³-hybridized carbons (Fsp3) is 0.683. The van der Waals surface area contributed by atoms with Gasteiger partial charge >= 0.3 is 5.97 Å². The molecule has 0 saturated heterocycles. The van der Waals surface area contributed by atoms with Crippen LogP contribution in [0.3, 0.4) is 0 Å². The number of carbonyl (C=O) groups is 6. The van der Waals surface area contributed by atoms with Gasteiger partial charge in [0.25, 0.3) is 11.8 Å². The number of halogens is 9. The number of carboxylic acids is 1. The Hall–Kier alpha value is -5.45. The number of nitrogens with zero attached hydrogens (tertiary/aromatic N) is 8. The summed E-state index contributed by atoms with van der Waals surface area (Å²) in [4.78, 5) is 79.6. The van der Waals surface area contributed by atoms with Crippen molar-refractivity contribution in [2.24, 2.45) is 38.4 Å². The molecule has 0 radical (unpaired) electrons. The standard InChI is InChI=1S/C36H54Cl2FN3O3Si.C30H40Cl2FN3O3.C23H37Cl2FOSi.C14H20N2O3.CH4.H2/c1-9-46(10-2,11-3)45-32(33-30(37)20-26(39)21-31(33)38)23-41(27-12-16-35(6,7)17-13-27)34(44)29-22-40-42(24(29)4)28-14-18-36(8,19-15-28)25(5)43;1-18-23(16-34-36(18)22-8-12-30(5,13-9-22)19(2)37)28(39)35(21-6-10-29(3,4)11-7-21)17-26(38)27-24(31)14-20(33)15-25(27)32;1-6-28(7-2,8-3)27-21(22-19(24)15-18(26)16-20(22)25)10-9-17-11-13-23(4,5)14-12-17;1-9-12(13(18)19)8-15-16(9)11-4-6-14(3,7-5-11)10(2)17;;/h20-22,27-28,32H,9-19,23H2,1-8H3;14-16,21-22,26,38H,6-13,17H2,1-5H3;15-17,21H,6-14H2,1-5H3;8,11H,4-7H2,1-3H3,(H,18,19);1H4;1H/i;;;;;1+1D. The van der Waals surface area contributed by atoms with Gasteiger partial charge in [0, 0.05) is 59.4 Å². The van der Waals surface area contributed by atoms with E-state index in [0.29, 0.717) is 37.8 Å². The van der Waals surface area contributed by atoms with Gasteiger partial charge in [-0.1, -0.05) is 181 Å². The summed E-state index contributed by atoms with van der Waals surface area (Å²) in [6.07, 6.45) is 27.4.